The molecule has 0 aliphatic carbocycles. The van der Waals surface area contributed by atoms with Gasteiger partial charge >= 0.3 is 0 Å². The summed E-state index contributed by atoms with van der Waals surface area (Å²) < 4.78 is 0. The molecule has 0 aromatic rings. The van der Waals surface area contributed by atoms with Gasteiger partial charge in [-0.05, 0) is 72.4 Å². The monoisotopic (exact) mass is 238 g/mol. The van der Waals surface area contributed by atoms with E-state index in [2.05, 4.69) is 31.0 Å². The summed E-state index contributed by atoms with van der Waals surface area (Å²) in [6, 6.07) is 1.58. The normalized spacial score (nSPS) is 35.6. The third kappa shape index (κ3) is 3.45. The van der Waals surface area contributed by atoms with E-state index in [1.807, 2.05) is 0 Å². The summed E-state index contributed by atoms with van der Waals surface area (Å²) in [5.41, 5.74) is 0.445. The standard InChI is InChI=1S/C15H30N2/c1-13(2)17-12-5-4-7-14(17)8-10-15(3)9-6-11-16-15/h13-14,16H,4-12H2,1-3H3. The van der Waals surface area contributed by atoms with Gasteiger partial charge in [0.05, 0.1) is 0 Å². The maximum absolute atomic E-state index is 3.70. The van der Waals surface area contributed by atoms with Crippen LogP contribution in [0.25, 0.3) is 0 Å². The molecular weight excluding hydrogens is 208 g/mol. The largest absolute Gasteiger partial charge is 0.312 e. The first-order valence-electron chi connectivity index (χ1n) is 7.61. The van der Waals surface area contributed by atoms with Crippen LogP contribution in [0.4, 0.5) is 0 Å². The van der Waals surface area contributed by atoms with Crippen LogP contribution in [-0.4, -0.2) is 35.6 Å². The van der Waals surface area contributed by atoms with Crippen molar-refractivity contribution >= 4 is 0 Å². The van der Waals surface area contributed by atoms with E-state index in [9.17, 15) is 0 Å². The fourth-order valence-corrected chi connectivity index (χ4v) is 3.67. The summed E-state index contributed by atoms with van der Waals surface area (Å²) in [6.45, 7) is 9.69. The van der Waals surface area contributed by atoms with Gasteiger partial charge in [0, 0.05) is 17.6 Å². The Kier molecular flexibility index (Phi) is 4.48. The Morgan fingerprint density at radius 2 is 2.12 bits per heavy atom. The Labute approximate surface area is 107 Å². The van der Waals surface area contributed by atoms with Crippen molar-refractivity contribution in [2.24, 2.45) is 0 Å². The number of nitrogens with one attached hydrogen (secondary N) is 1. The maximum atomic E-state index is 3.70. The van der Waals surface area contributed by atoms with Crippen LogP contribution in [0.15, 0.2) is 0 Å². The molecule has 0 aromatic heterocycles. The average Bonchev–Trinajstić information content (AvgIpc) is 2.74. The summed E-state index contributed by atoms with van der Waals surface area (Å²) >= 11 is 0. The molecule has 2 saturated heterocycles. The van der Waals surface area contributed by atoms with Crippen LogP contribution in [0.3, 0.4) is 0 Å². The molecule has 2 heteroatoms. The lowest BCUT2D eigenvalue weighted by Gasteiger charge is -2.40. The van der Waals surface area contributed by atoms with Gasteiger partial charge < -0.3 is 5.32 Å². The van der Waals surface area contributed by atoms with E-state index in [1.54, 1.807) is 0 Å². The van der Waals surface area contributed by atoms with Crippen LogP contribution >= 0.6 is 0 Å². The molecule has 0 saturated carbocycles. The Balaban J connectivity index is 1.83. The fraction of sp³-hybridized carbons (Fsp3) is 1.00. The summed E-state index contributed by atoms with van der Waals surface area (Å²) in [7, 11) is 0. The van der Waals surface area contributed by atoms with Crippen LogP contribution in [0.5, 0.6) is 0 Å². The first kappa shape index (κ1) is 13.4. The number of hydrogen-bond acceptors (Lipinski definition) is 2. The SMILES string of the molecule is CC(C)N1CCCCC1CCC1(C)CCCN1. The lowest BCUT2D eigenvalue weighted by atomic mass is 9.88. The van der Waals surface area contributed by atoms with Crippen molar-refractivity contribution in [3.8, 4) is 0 Å². The molecule has 2 aliphatic heterocycles. The Hall–Kier alpha value is -0.0800. The van der Waals surface area contributed by atoms with Crippen LogP contribution in [0, 0.1) is 0 Å². The number of rotatable bonds is 4. The summed E-state index contributed by atoms with van der Waals surface area (Å²) in [5.74, 6) is 0. The number of likely N-dealkylation sites (tertiary alicyclic amines) is 1. The van der Waals surface area contributed by atoms with Crippen molar-refractivity contribution in [2.45, 2.75) is 83.3 Å². The second-order valence-electron chi connectivity index (χ2n) is 6.61. The molecule has 2 aliphatic rings. The second-order valence-corrected chi connectivity index (χ2v) is 6.61. The predicted octanol–water partition coefficient (Wildman–Crippen LogP) is 3.17. The van der Waals surface area contributed by atoms with E-state index in [-0.39, 0.29) is 0 Å². The van der Waals surface area contributed by atoms with Gasteiger partial charge in [-0.3, -0.25) is 4.90 Å². The molecular formula is C15H30N2. The topological polar surface area (TPSA) is 15.3 Å². The first-order chi connectivity index (χ1) is 8.11. The zero-order valence-electron chi connectivity index (χ0n) is 12.0. The van der Waals surface area contributed by atoms with Crippen molar-refractivity contribution < 1.29 is 0 Å². The molecule has 17 heavy (non-hydrogen) atoms. The minimum atomic E-state index is 0.445. The first-order valence-corrected chi connectivity index (χ1v) is 7.61. The third-order valence-electron chi connectivity index (χ3n) is 4.82. The molecule has 2 atom stereocenters. The quantitative estimate of drug-likeness (QED) is 0.809. The van der Waals surface area contributed by atoms with Gasteiger partial charge in [-0.1, -0.05) is 6.42 Å². The Morgan fingerprint density at radius 1 is 1.29 bits per heavy atom. The molecule has 100 valence electrons. The second kappa shape index (κ2) is 5.71. The highest BCUT2D eigenvalue weighted by molar-refractivity contribution is 4.91. The average molecular weight is 238 g/mol. The van der Waals surface area contributed by atoms with Gasteiger partial charge in [0.2, 0.25) is 0 Å². The van der Waals surface area contributed by atoms with Crippen LogP contribution < -0.4 is 5.32 Å². The molecule has 0 spiro atoms. The molecule has 2 rings (SSSR count). The predicted molar refractivity (Wildman–Crippen MR) is 74.4 cm³/mol. The summed E-state index contributed by atoms with van der Waals surface area (Å²) in [5, 5.41) is 3.70. The highest BCUT2D eigenvalue weighted by atomic mass is 15.2. The molecule has 0 radical (unpaired) electrons. The number of nitrogens with zero attached hydrogens (tertiary/aromatic N) is 1. The number of hydrogen-bond donors (Lipinski definition) is 1. The highest BCUT2D eigenvalue weighted by Crippen LogP contribution is 2.29. The van der Waals surface area contributed by atoms with Crippen LogP contribution in [-0.2, 0) is 0 Å². The lowest BCUT2D eigenvalue weighted by molar-refractivity contribution is 0.0978. The molecule has 2 fully saturated rings. The van der Waals surface area contributed by atoms with Gasteiger partial charge in [0.1, 0.15) is 0 Å². The van der Waals surface area contributed by atoms with E-state index < -0.39 is 0 Å². The molecule has 2 nitrogen and oxygen atoms in total. The molecule has 0 bridgehead atoms. The molecule has 1 N–H and O–H groups in total. The van der Waals surface area contributed by atoms with Crippen molar-refractivity contribution in [3.63, 3.8) is 0 Å². The maximum Gasteiger partial charge on any atom is 0.0154 e. The smallest absolute Gasteiger partial charge is 0.0154 e. The fourth-order valence-electron chi connectivity index (χ4n) is 3.67. The Morgan fingerprint density at radius 3 is 2.76 bits per heavy atom. The van der Waals surface area contributed by atoms with Gasteiger partial charge in [-0.25, -0.2) is 0 Å². The zero-order valence-corrected chi connectivity index (χ0v) is 12.0. The van der Waals surface area contributed by atoms with Crippen LogP contribution in [0.2, 0.25) is 0 Å². The highest BCUT2D eigenvalue weighted by Gasteiger charge is 2.31. The van der Waals surface area contributed by atoms with Gasteiger partial charge in [-0.15, -0.1) is 0 Å². The van der Waals surface area contributed by atoms with E-state index in [0.29, 0.717) is 5.54 Å². The van der Waals surface area contributed by atoms with E-state index in [0.717, 1.165) is 12.1 Å². The molecule has 0 amide bonds. The van der Waals surface area contributed by atoms with Crippen molar-refractivity contribution in [1.29, 1.82) is 0 Å². The van der Waals surface area contributed by atoms with E-state index in [4.69, 9.17) is 0 Å². The van der Waals surface area contributed by atoms with Crippen molar-refractivity contribution in [2.75, 3.05) is 13.1 Å². The van der Waals surface area contributed by atoms with Gasteiger partial charge in [-0.2, -0.15) is 0 Å². The Bertz CT molecular complexity index is 231. The summed E-state index contributed by atoms with van der Waals surface area (Å²) in [4.78, 5) is 2.74. The minimum Gasteiger partial charge on any atom is -0.312 e. The zero-order chi connectivity index (χ0) is 12.3. The molecule has 2 unspecified atom stereocenters. The third-order valence-corrected chi connectivity index (χ3v) is 4.82. The van der Waals surface area contributed by atoms with E-state index >= 15 is 0 Å². The lowest BCUT2D eigenvalue weighted by Crippen LogP contribution is -2.45. The number of piperidine rings is 1. The van der Waals surface area contributed by atoms with Crippen LogP contribution in [0.1, 0.15) is 65.7 Å². The molecule has 2 heterocycles. The van der Waals surface area contributed by atoms with Crippen molar-refractivity contribution in [3.05, 3.63) is 0 Å². The van der Waals surface area contributed by atoms with E-state index in [1.165, 1.54) is 58.0 Å². The minimum absolute atomic E-state index is 0.445. The summed E-state index contributed by atoms with van der Waals surface area (Å²) in [6.07, 6.45) is 9.77. The van der Waals surface area contributed by atoms with Gasteiger partial charge in [0.15, 0.2) is 0 Å². The van der Waals surface area contributed by atoms with Crippen molar-refractivity contribution in [1.82, 2.24) is 10.2 Å². The van der Waals surface area contributed by atoms with Gasteiger partial charge in [0.25, 0.3) is 0 Å². The molecule has 0 aromatic carbocycles.